The molecule has 2 aromatic rings. The first-order valence-electron chi connectivity index (χ1n) is 7.55. The second-order valence-electron chi connectivity index (χ2n) is 5.66. The largest absolute Gasteiger partial charge is 0.354 e. The number of hydrogen-bond donors (Lipinski definition) is 0. The summed E-state index contributed by atoms with van der Waals surface area (Å²) >= 11 is 1.69. The van der Waals surface area contributed by atoms with Crippen molar-refractivity contribution in [3.63, 3.8) is 0 Å². The van der Waals surface area contributed by atoms with E-state index in [1.165, 1.54) is 6.20 Å². The Hall–Kier alpha value is -2.06. The van der Waals surface area contributed by atoms with Gasteiger partial charge in [0.15, 0.2) is 0 Å². The molecule has 3 rings (SSSR count). The number of hydrogen-bond acceptors (Lipinski definition) is 7. The fourth-order valence-corrected chi connectivity index (χ4v) is 3.56. The van der Waals surface area contributed by atoms with Gasteiger partial charge in [0.1, 0.15) is 17.0 Å². The highest BCUT2D eigenvalue weighted by molar-refractivity contribution is 7.09. The van der Waals surface area contributed by atoms with E-state index in [0.717, 1.165) is 37.0 Å². The molecule has 1 saturated heterocycles. The molecule has 8 heteroatoms. The number of piperazine rings is 1. The Kier molecular flexibility index (Phi) is 4.53. The van der Waals surface area contributed by atoms with Gasteiger partial charge in [-0.2, -0.15) is 0 Å². The number of anilines is 1. The van der Waals surface area contributed by atoms with E-state index in [0.29, 0.717) is 11.6 Å². The van der Waals surface area contributed by atoms with Gasteiger partial charge in [-0.15, -0.1) is 11.3 Å². The number of aromatic nitrogens is 2. The molecule has 7 nitrogen and oxygen atoms in total. The minimum absolute atomic E-state index is 0.0739. The summed E-state index contributed by atoms with van der Waals surface area (Å²) in [5.41, 5.74) is 0.725. The fourth-order valence-electron chi connectivity index (χ4n) is 2.83. The molecule has 23 heavy (non-hydrogen) atoms. The molecule has 3 heterocycles. The second kappa shape index (κ2) is 6.59. The Morgan fingerprint density at radius 1 is 1.30 bits per heavy atom. The van der Waals surface area contributed by atoms with E-state index in [2.05, 4.69) is 26.7 Å². The molecule has 1 aliphatic heterocycles. The third kappa shape index (κ3) is 3.32. The van der Waals surface area contributed by atoms with Gasteiger partial charge in [-0.3, -0.25) is 15.0 Å². The standard InChI is InChI=1S/C15H19N5O2S/c1-11-9-14(17-10-13(11)20(21)22)19-6-4-18(5-7-19)12(2)15-16-3-8-23-15/h3,8-10,12H,4-7H2,1-2H3. The average Bonchev–Trinajstić information content (AvgIpc) is 3.08. The number of pyridine rings is 1. The molecule has 1 unspecified atom stereocenters. The van der Waals surface area contributed by atoms with Crippen LogP contribution in [0.2, 0.25) is 0 Å². The van der Waals surface area contributed by atoms with Crippen molar-refractivity contribution in [2.45, 2.75) is 19.9 Å². The van der Waals surface area contributed by atoms with Crippen LogP contribution in [-0.4, -0.2) is 46.0 Å². The molecule has 0 radical (unpaired) electrons. The number of nitrogens with zero attached hydrogens (tertiary/aromatic N) is 5. The molecule has 1 fully saturated rings. The van der Waals surface area contributed by atoms with Crippen LogP contribution in [0.25, 0.3) is 0 Å². The second-order valence-corrected chi connectivity index (χ2v) is 6.58. The van der Waals surface area contributed by atoms with Gasteiger partial charge in [0.25, 0.3) is 5.69 Å². The smallest absolute Gasteiger partial charge is 0.290 e. The molecule has 0 saturated carbocycles. The lowest BCUT2D eigenvalue weighted by Gasteiger charge is -2.38. The van der Waals surface area contributed by atoms with E-state index in [-0.39, 0.29) is 10.6 Å². The summed E-state index contributed by atoms with van der Waals surface area (Å²) in [6.45, 7) is 7.52. The molecule has 2 aromatic heterocycles. The van der Waals surface area contributed by atoms with Crippen molar-refractivity contribution in [1.29, 1.82) is 0 Å². The summed E-state index contributed by atoms with van der Waals surface area (Å²) in [7, 11) is 0. The van der Waals surface area contributed by atoms with Crippen molar-refractivity contribution in [3.8, 4) is 0 Å². The molecule has 0 spiro atoms. The SMILES string of the molecule is Cc1cc(N2CCN(C(C)c3nccs3)CC2)ncc1[N+](=O)[O-]. The first-order chi connectivity index (χ1) is 11.1. The third-order valence-corrected chi connectivity index (χ3v) is 5.21. The highest BCUT2D eigenvalue weighted by atomic mass is 32.1. The van der Waals surface area contributed by atoms with Crippen molar-refractivity contribution in [2.75, 3.05) is 31.1 Å². The molecular weight excluding hydrogens is 314 g/mol. The highest BCUT2D eigenvalue weighted by Crippen LogP contribution is 2.26. The summed E-state index contributed by atoms with van der Waals surface area (Å²) in [6, 6.07) is 2.13. The van der Waals surface area contributed by atoms with Crippen LogP contribution in [0.1, 0.15) is 23.5 Å². The van der Waals surface area contributed by atoms with Crippen LogP contribution >= 0.6 is 11.3 Å². The Bertz CT molecular complexity index is 683. The third-order valence-electron chi connectivity index (χ3n) is 4.26. The Balaban J connectivity index is 1.65. The van der Waals surface area contributed by atoms with Crippen molar-refractivity contribution in [3.05, 3.63) is 44.5 Å². The quantitative estimate of drug-likeness (QED) is 0.632. The number of thiazole rings is 1. The van der Waals surface area contributed by atoms with Crippen LogP contribution in [-0.2, 0) is 0 Å². The van der Waals surface area contributed by atoms with Gasteiger partial charge in [0, 0.05) is 43.3 Å². The Morgan fingerprint density at radius 2 is 2.04 bits per heavy atom. The van der Waals surface area contributed by atoms with Crippen molar-refractivity contribution >= 4 is 22.8 Å². The average molecular weight is 333 g/mol. The number of rotatable bonds is 4. The first kappa shape index (κ1) is 15.8. The minimum atomic E-state index is -0.389. The van der Waals surface area contributed by atoms with Gasteiger partial charge >= 0.3 is 0 Å². The molecule has 0 N–H and O–H groups in total. The Labute approximate surface area is 138 Å². The predicted molar refractivity (Wildman–Crippen MR) is 89.9 cm³/mol. The van der Waals surface area contributed by atoms with Crippen LogP contribution in [0.15, 0.2) is 23.8 Å². The van der Waals surface area contributed by atoms with Crippen LogP contribution in [0.5, 0.6) is 0 Å². The zero-order valence-electron chi connectivity index (χ0n) is 13.2. The lowest BCUT2D eigenvalue weighted by atomic mass is 10.2. The van der Waals surface area contributed by atoms with Gasteiger partial charge < -0.3 is 4.90 Å². The summed E-state index contributed by atoms with van der Waals surface area (Å²) in [4.78, 5) is 23.7. The van der Waals surface area contributed by atoms with E-state index in [9.17, 15) is 10.1 Å². The molecule has 0 amide bonds. The van der Waals surface area contributed by atoms with Gasteiger partial charge in [0.2, 0.25) is 0 Å². The van der Waals surface area contributed by atoms with Gasteiger partial charge in [-0.25, -0.2) is 9.97 Å². The van der Waals surface area contributed by atoms with E-state index < -0.39 is 0 Å². The van der Waals surface area contributed by atoms with Crippen molar-refractivity contribution in [1.82, 2.24) is 14.9 Å². The molecule has 0 aliphatic carbocycles. The van der Waals surface area contributed by atoms with E-state index in [4.69, 9.17) is 0 Å². The van der Waals surface area contributed by atoms with Crippen LogP contribution in [0.4, 0.5) is 11.5 Å². The lowest BCUT2D eigenvalue weighted by molar-refractivity contribution is -0.385. The number of aryl methyl sites for hydroxylation is 1. The summed E-state index contributed by atoms with van der Waals surface area (Å²) in [6.07, 6.45) is 3.20. The van der Waals surface area contributed by atoms with Gasteiger partial charge in [0.05, 0.1) is 11.0 Å². The minimum Gasteiger partial charge on any atom is -0.354 e. The molecule has 1 atom stereocenters. The van der Waals surface area contributed by atoms with Crippen molar-refractivity contribution in [2.24, 2.45) is 0 Å². The number of nitro groups is 1. The zero-order chi connectivity index (χ0) is 16.4. The maximum atomic E-state index is 10.9. The predicted octanol–water partition coefficient (Wildman–Crippen LogP) is 2.64. The van der Waals surface area contributed by atoms with E-state index >= 15 is 0 Å². The topological polar surface area (TPSA) is 75.4 Å². The maximum absolute atomic E-state index is 10.9. The molecule has 0 aromatic carbocycles. The molecule has 1 aliphatic rings. The van der Waals surface area contributed by atoms with Gasteiger partial charge in [-0.1, -0.05) is 0 Å². The summed E-state index contributed by atoms with van der Waals surface area (Å²) in [5, 5.41) is 14.0. The van der Waals surface area contributed by atoms with E-state index in [1.54, 1.807) is 24.3 Å². The van der Waals surface area contributed by atoms with E-state index in [1.807, 2.05) is 11.6 Å². The maximum Gasteiger partial charge on any atom is 0.290 e. The summed E-state index contributed by atoms with van der Waals surface area (Å²) < 4.78 is 0. The highest BCUT2D eigenvalue weighted by Gasteiger charge is 2.24. The van der Waals surface area contributed by atoms with Crippen molar-refractivity contribution < 1.29 is 4.92 Å². The molecular formula is C15H19N5O2S. The van der Waals surface area contributed by atoms with Gasteiger partial charge in [-0.05, 0) is 19.9 Å². The van der Waals surface area contributed by atoms with Crippen LogP contribution < -0.4 is 4.90 Å². The normalized spacial score (nSPS) is 17.2. The first-order valence-corrected chi connectivity index (χ1v) is 8.43. The Morgan fingerprint density at radius 3 is 2.61 bits per heavy atom. The van der Waals surface area contributed by atoms with Crippen LogP contribution in [0.3, 0.4) is 0 Å². The van der Waals surface area contributed by atoms with Crippen LogP contribution in [0, 0.1) is 17.0 Å². The lowest BCUT2D eigenvalue weighted by Crippen LogP contribution is -2.47. The monoisotopic (exact) mass is 333 g/mol. The zero-order valence-corrected chi connectivity index (χ0v) is 14.0. The molecule has 0 bridgehead atoms. The summed E-state index contributed by atoms with van der Waals surface area (Å²) in [5.74, 6) is 0.814. The fraction of sp³-hybridized carbons (Fsp3) is 0.467. The molecule has 122 valence electrons.